The van der Waals surface area contributed by atoms with E-state index in [1.54, 1.807) is 7.11 Å². The summed E-state index contributed by atoms with van der Waals surface area (Å²) in [5, 5.41) is 0. The first-order valence-corrected chi connectivity index (χ1v) is 6.18. The number of aldehydes is 1. The molecule has 0 saturated carbocycles. The third-order valence-electron chi connectivity index (χ3n) is 2.82. The first-order valence-electron chi connectivity index (χ1n) is 5.36. The van der Waals surface area contributed by atoms with Crippen molar-refractivity contribution in [2.75, 3.05) is 7.11 Å². The highest BCUT2D eigenvalue weighted by Gasteiger charge is 2.10. The normalized spacial score (nSPS) is 10.3. The summed E-state index contributed by atoms with van der Waals surface area (Å²) < 4.78 is 5.40. The van der Waals surface area contributed by atoms with Gasteiger partial charge in [-0.05, 0) is 49.2 Å². The molecule has 0 aliphatic carbocycles. The zero-order valence-electron chi connectivity index (χ0n) is 10.1. The van der Waals surface area contributed by atoms with Gasteiger partial charge in [0.15, 0.2) is 6.29 Å². The maximum atomic E-state index is 10.7. The second-order valence-corrected chi connectivity index (χ2v) is 5.07. The minimum Gasteiger partial charge on any atom is -0.496 e. The van der Waals surface area contributed by atoms with Crippen LogP contribution < -0.4 is 4.74 Å². The Morgan fingerprint density at radius 3 is 2.47 bits per heavy atom. The highest BCUT2D eigenvalue weighted by atomic mass is 32.1. The molecule has 2 nitrogen and oxygen atoms in total. The predicted molar refractivity (Wildman–Crippen MR) is 71.2 cm³/mol. The van der Waals surface area contributed by atoms with Gasteiger partial charge in [-0.25, -0.2) is 0 Å². The van der Waals surface area contributed by atoms with Crippen LogP contribution in [0.15, 0.2) is 24.3 Å². The molecule has 2 aromatic rings. The van der Waals surface area contributed by atoms with Crippen LogP contribution in [0.2, 0.25) is 0 Å². The Hall–Kier alpha value is -1.61. The van der Waals surface area contributed by atoms with E-state index in [2.05, 4.69) is 19.9 Å². The molecular weight excluding hydrogens is 232 g/mol. The molecule has 0 aliphatic heterocycles. The predicted octanol–water partition coefficient (Wildman–Crippen LogP) is 3.85. The van der Waals surface area contributed by atoms with Crippen molar-refractivity contribution in [1.82, 2.24) is 0 Å². The molecule has 2 rings (SSSR count). The summed E-state index contributed by atoms with van der Waals surface area (Å²) in [5.74, 6) is 0.854. The largest absolute Gasteiger partial charge is 0.496 e. The van der Waals surface area contributed by atoms with Gasteiger partial charge < -0.3 is 4.74 Å². The molecule has 0 saturated heterocycles. The molecule has 0 fully saturated rings. The summed E-state index contributed by atoms with van der Waals surface area (Å²) in [7, 11) is 1.67. The Morgan fingerprint density at radius 1 is 1.18 bits per heavy atom. The Balaban J connectivity index is 2.57. The van der Waals surface area contributed by atoms with Crippen molar-refractivity contribution in [3.63, 3.8) is 0 Å². The molecule has 1 aromatic carbocycles. The van der Waals surface area contributed by atoms with E-state index in [1.807, 2.05) is 18.2 Å². The zero-order chi connectivity index (χ0) is 12.4. The molecule has 3 heteroatoms. The lowest BCUT2D eigenvalue weighted by atomic mass is 10.0. The van der Waals surface area contributed by atoms with Crippen molar-refractivity contribution < 1.29 is 9.53 Å². The Labute approximate surface area is 105 Å². The van der Waals surface area contributed by atoms with Crippen molar-refractivity contribution in [3.05, 3.63) is 40.3 Å². The van der Waals surface area contributed by atoms with Gasteiger partial charge in [-0.1, -0.05) is 0 Å². The third-order valence-corrected chi connectivity index (χ3v) is 3.87. The van der Waals surface area contributed by atoms with Gasteiger partial charge in [0.2, 0.25) is 0 Å². The van der Waals surface area contributed by atoms with Crippen LogP contribution in [-0.4, -0.2) is 13.4 Å². The monoisotopic (exact) mass is 246 g/mol. The molecule has 0 radical (unpaired) electrons. The van der Waals surface area contributed by atoms with Crippen molar-refractivity contribution in [2.24, 2.45) is 0 Å². The lowest BCUT2D eigenvalue weighted by molar-refractivity contribution is 0.112. The number of thiophene rings is 1. The van der Waals surface area contributed by atoms with E-state index in [-0.39, 0.29) is 0 Å². The van der Waals surface area contributed by atoms with Crippen LogP contribution in [0.25, 0.3) is 10.4 Å². The van der Waals surface area contributed by atoms with Crippen LogP contribution in [0.4, 0.5) is 0 Å². The van der Waals surface area contributed by atoms with E-state index in [0.29, 0.717) is 0 Å². The molecule has 0 amide bonds. The fourth-order valence-corrected chi connectivity index (χ4v) is 2.56. The van der Waals surface area contributed by atoms with Gasteiger partial charge in [0.25, 0.3) is 0 Å². The number of carbonyl (C=O) groups is 1. The average molecular weight is 246 g/mol. The maximum Gasteiger partial charge on any atom is 0.160 e. The molecule has 0 spiro atoms. The second kappa shape index (κ2) is 4.72. The second-order valence-electron chi connectivity index (χ2n) is 3.96. The van der Waals surface area contributed by atoms with Crippen molar-refractivity contribution in [1.29, 1.82) is 0 Å². The number of hydrogen-bond acceptors (Lipinski definition) is 3. The fourth-order valence-electron chi connectivity index (χ4n) is 1.71. The lowest BCUT2D eigenvalue weighted by Gasteiger charge is -2.10. The summed E-state index contributed by atoms with van der Waals surface area (Å²) in [6, 6.07) is 7.93. The number of ether oxygens (including phenoxy) is 1. The van der Waals surface area contributed by atoms with Crippen molar-refractivity contribution in [3.8, 4) is 16.2 Å². The number of aryl methyl sites for hydroxylation is 2. The minimum atomic E-state index is 0.736. The summed E-state index contributed by atoms with van der Waals surface area (Å²) >= 11 is 1.48. The van der Waals surface area contributed by atoms with Gasteiger partial charge in [0.05, 0.1) is 12.0 Å². The first-order chi connectivity index (χ1) is 8.15. The number of rotatable bonds is 3. The van der Waals surface area contributed by atoms with Gasteiger partial charge in [-0.15, -0.1) is 11.3 Å². The number of methoxy groups -OCH3 is 1. The summed E-state index contributed by atoms with van der Waals surface area (Å²) in [4.78, 5) is 12.5. The van der Waals surface area contributed by atoms with Gasteiger partial charge in [-0.2, -0.15) is 0 Å². The molecular formula is C14H14O2S. The number of hydrogen-bond donors (Lipinski definition) is 0. The van der Waals surface area contributed by atoms with E-state index in [1.165, 1.54) is 22.5 Å². The number of benzene rings is 1. The highest BCUT2D eigenvalue weighted by Crippen LogP contribution is 2.36. The standard InChI is InChI=1S/C14H14O2S/c1-9-6-12(13(16-3)7-10(9)2)14-5-4-11(8-15)17-14/h4-8H,1-3H3. The minimum absolute atomic E-state index is 0.736. The Bertz CT molecular complexity index is 555. The van der Waals surface area contributed by atoms with E-state index in [0.717, 1.165) is 27.4 Å². The smallest absolute Gasteiger partial charge is 0.160 e. The van der Waals surface area contributed by atoms with E-state index >= 15 is 0 Å². The summed E-state index contributed by atoms with van der Waals surface area (Å²) in [6.07, 6.45) is 0.877. The SMILES string of the molecule is COc1cc(C)c(C)cc1-c1ccc(C=O)s1. The molecule has 0 aliphatic rings. The van der Waals surface area contributed by atoms with Gasteiger partial charge in [0, 0.05) is 10.4 Å². The van der Waals surface area contributed by atoms with Crippen molar-refractivity contribution in [2.45, 2.75) is 13.8 Å². The molecule has 0 N–H and O–H groups in total. The molecule has 0 atom stereocenters. The first kappa shape index (κ1) is 11.9. The fraction of sp³-hybridized carbons (Fsp3) is 0.214. The van der Waals surface area contributed by atoms with Crippen LogP contribution in [0, 0.1) is 13.8 Å². The average Bonchev–Trinajstić information content (AvgIpc) is 2.80. The third kappa shape index (κ3) is 2.24. The van der Waals surface area contributed by atoms with E-state index in [9.17, 15) is 4.79 Å². The van der Waals surface area contributed by atoms with Gasteiger partial charge in [0.1, 0.15) is 5.75 Å². The molecule has 88 valence electrons. The van der Waals surface area contributed by atoms with Gasteiger partial charge >= 0.3 is 0 Å². The van der Waals surface area contributed by atoms with Crippen LogP contribution in [-0.2, 0) is 0 Å². The molecule has 0 unspecified atom stereocenters. The summed E-state index contributed by atoms with van der Waals surface area (Å²) in [6.45, 7) is 4.14. The van der Waals surface area contributed by atoms with E-state index in [4.69, 9.17) is 4.74 Å². The molecule has 0 bridgehead atoms. The van der Waals surface area contributed by atoms with Crippen LogP contribution >= 0.6 is 11.3 Å². The topological polar surface area (TPSA) is 26.3 Å². The molecule has 17 heavy (non-hydrogen) atoms. The molecule has 1 heterocycles. The lowest BCUT2D eigenvalue weighted by Crippen LogP contribution is -1.90. The number of carbonyl (C=O) groups excluding carboxylic acids is 1. The van der Waals surface area contributed by atoms with Crippen LogP contribution in [0.5, 0.6) is 5.75 Å². The highest BCUT2D eigenvalue weighted by molar-refractivity contribution is 7.17. The van der Waals surface area contributed by atoms with Gasteiger partial charge in [-0.3, -0.25) is 4.79 Å². The van der Waals surface area contributed by atoms with Crippen LogP contribution in [0.1, 0.15) is 20.8 Å². The molecule has 1 aromatic heterocycles. The zero-order valence-corrected chi connectivity index (χ0v) is 10.9. The quantitative estimate of drug-likeness (QED) is 0.769. The Kier molecular flexibility index (Phi) is 3.29. The summed E-state index contributed by atoms with van der Waals surface area (Å²) in [5.41, 5.74) is 3.48. The Morgan fingerprint density at radius 2 is 1.88 bits per heavy atom. The maximum absolute atomic E-state index is 10.7. The van der Waals surface area contributed by atoms with Crippen molar-refractivity contribution >= 4 is 17.6 Å². The van der Waals surface area contributed by atoms with Crippen LogP contribution in [0.3, 0.4) is 0 Å². The van der Waals surface area contributed by atoms with E-state index < -0.39 is 0 Å².